The molecule has 1 aliphatic rings. The monoisotopic (exact) mass is 193 g/mol. The molecule has 12 heavy (non-hydrogen) atoms. The molecule has 3 heteroatoms. The largest absolute Gasteiger partial charge is 0.380 e. The van der Waals surface area contributed by atoms with Gasteiger partial charge < -0.3 is 10.1 Å². The molecule has 0 amide bonds. The second-order valence-electron chi connectivity index (χ2n) is 3.72. The van der Waals surface area contributed by atoms with E-state index in [1.165, 1.54) is 19.4 Å². The van der Waals surface area contributed by atoms with Crippen molar-refractivity contribution in [3.8, 4) is 0 Å². The van der Waals surface area contributed by atoms with Gasteiger partial charge in [0.1, 0.15) is 0 Å². The highest BCUT2D eigenvalue weighted by Gasteiger charge is 2.13. The zero-order valence-electron chi connectivity index (χ0n) is 8.01. The summed E-state index contributed by atoms with van der Waals surface area (Å²) in [5, 5.41) is 3.41. The third kappa shape index (κ3) is 4.96. The molecule has 1 rings (SSSR count). The fourth-order valence-electron chi connectivity index (χ4n) is 1.34. The van der Waals surface area contributed by atoms with Crippen LogP contribution in [-0.4, -0.2) is 25.8 Å². The smallest absolute Gasteiger partial charge is 0.0619 e. The van der Waals surface area contributed by atoms with Crippen LogP contribution in [0.3, 0.4) is 0 Å². The Balaban J connectivity index is 0.00000121. The SMILES string of the molecule is CC(C)COC[C@H]1CCCN1.Cl. The molecule has 1 saturated heterocycles. The van der Waals surface area contributed by atoms with Gasteiger partial charge in [-0.1, -0.05) is 13.8 Å². The minimum Gasteiger partial charge on any atom is -0.380 e. The van der Waals surface area contributed by atoms with E-state index in [-0.39, 0.29) is 12.4 Å². The third-order valence-electron chi connectivity index (χ3n) is 1.93. The molecule has 0 spiro atoms. The van der Waals surface area contributed by atoms with Crippen LogP contribution in [-0.2, 0) is 4.74 Å². The molecule has 1 heterocycles. The minimum atomic E-state index is 0. The van der Waals surface area contributed by atoms with Gasteiger partial charge in [0.2, 0.25) is 0 Å². The molecule has 74 valence electrons. The Bertz CT molecular complexity index is 103. The van der Waals surface area contributed by atoms with Gasteiger partial charge in [-0.3, -0.25) is 0 Å². The van der Waals surface area contributed by atoms with Gasteiger partial charge in [-0.05, 0) is 25.3 Å². The topological polar surface area (TPSA) is 21.3 Å². The summed E-state index contributed by atoms with van der Waals surface area (Å²) < 4.78 is 5.52. The summed E-state index contributed by atoms with van der Waals surface area (Å²) in [5.41, 5.74) is 0. The molecule has 0 bridgehead atoms. The van der Waals surface area contributed by atoms with Gasteiger partial charge in [-0.2, -0.15) is 0 Å². The lowest BCUT2D eigenvalue weighted by Crippen LogP contribution is -2.27. The Kier molecular flexibility index (Phi) is 6.81. The van der Waals surface area contributed by atoms with Crippen LogP contribution in [0.2, 0.25) is 0 Å². The highest BCUT2D eigenvalue weighted by molar-refractivity contribution is 5.85. The van der Waals surface area contributed by atoms with E-state index in [2.05, 4.69) is 19.2 Å². The van der Waals surface area contributed by atoms with Crippen molar-refractivity contribution in [1.82, 2.24) is 5.32 Å². The van der Waals surface area contributed by atoms with E-state index >= 15 is 0 Å². The lowest BCUT2D eigenvalue weighted by molar-refractivity contribution is 0.0943. The first-order valence-corrected chi connectivity index (χ1v) is 4.60. The van der Waals surface area contributed by atoms with Gasteiger partial charge in [-0.15, -0.1) is 12.4 Å². The molecule has 0 aromatic rings. The quantitative estimate of drug-likeness (QED) is 0.736. The van der Waals surface area contributed by atoms with E-state index in [0.717, 1.165) is 13.2 Å². The Hall–Kier alpha value is 0.210. The lowest BCUT2D eigenvalue weighted by atomic mass is 10.2. The van der Waals surface area contributed by atoms with Crippen LogP contribution in [0.1, 0.15) is 26.7 Å². The van der Waals surface area contributed by atoms with Crippen LogP contribution in [0.15, 0.2) is 0 Å². The summed E-state index contributed by atoms with van der Waals surface area (Å²) in [4.78, 5) is 0. The maximum atomic E-state index is 5.52. The summed E-state index contributed by atoms with van der Waals surface area (Å²) in [6, 6.07) is 0.633. The van der Waals surface area contributed by atoms with Gasteiger partial charge in [0.25, 0.3) is 0 Å². The van der Waals surface area contributed by atoms with Crippen LogP contribution >= 0.6 is 12.4 Å². The Morgan fingerprint density at radius 2 is 2.25 bits per heavy atom. The van der Waals surface area contributed by atoms with Gasteiger partial charge in [0, 0.05) is 12.6 Å². The van der Waals surface area contributed by atoms with E-state index in [1.54, 1.807) is 0 Å². The molecule has 0 saturated carbocycles. The molecular formula is C9H20ClNO. The predicted octanol–water partition coefficient (Wildman–Crippen LogP) is 1.83. The van der Waals surface area contributed by atoms with Crippen molar-refractivity contribution in [2.24, 2.45) is 5.92 Å². The van der Waals surface area contributed by atoms with Crippen molar-refractivity contribution < 1.29 is 4.74 Å². The van der Waals surface area contributed by atoms with E-state index in [1.807, 2.05) is 0 Å². The van der Waals surface area contributed by atoms with Gasteiger partial charge >= 0.3 is 0 Å². The highest BCUT2D eigenvalue weighted by Crippen LogP contribution is 2.05. The average molecular weight is 194 g/mol. The van der Waals surface area contributed by atoms with Gasteiger partial charge in [-0.25, -0.2) is 0 Å². The van der Waals surface area contributed by atoms with Crippen LogP contribution < -0.4 is 5.32 Å². The van der Waals surface area contributed by atoms with Crippen molar-refractivity contribution in [3.63, 3.8) is 0 Å². The molecule has 0 aliphatic carbocycles. The molecule has 0 unspecified atom stereocenters. The van der Waals surface area contributed by atoms with Crippen molar-refractivity contribution in [1.29, 1.82) is 0 Å². The van der Waals surface area contributed by atoms with Crippen LogP contribution in [0.4, 0.5) is 0 Å². The number of nitrogens with one attached hydrogen (secondary N) is 1. The first kappa shape index (κ1) is 12.2. The fraction of sp³-hybridized carbons (Fsp3) is 1.00. The first-order valence-electron chi connectivity index (χ1n) is 4.60. The number of halogens is 1. The van der Waals surface area contributed by atoms with Gasteiger partial charge in [0.15, 0.2) is 0 Å². The Morgan fingerprint density at radius 1 is 1.50 bits per heavy atom. The lowest BCUT2D eigenvalue weighted by Gasteiger charge is -2.11. The molecule has 0 aromatic heterocycles. The minimum absolute atomic E-state index is 0. The normalized spacial score (nSPS) is 22.8. The average Bonchev–Trinajstić information content (AvgIpc) is 2.39. The van der Waals surface area contributed by atoms with Crippen LogP contribution in [0.5, 0.6) is 0 Å². The predicted molar refractivity (Wildman–Crippen MR) is 53.9 cm³/mol. The molecule has 1 N–H and O–H groups in total. The van der Waals surface area contributed by atoms with Gasteiger partial charge in [0.05, 0.1) is 6.61 Å². The fourth-order valence-corrected chi connectivity index (χ4v) is 1.34. The van der Waals surface area contributed by atoms with Crippen molar-refractivity contribution in [2.75, 3.05) is 19.8 Å². The second-order valence-corrected chi connectivity index (χ2v) is 3.72. The zero-order valence-corrected chi connectivity index (χ0v) is 8.82. The second kappa shape index (κ2) is 6.70. The molecule has 1 fully saturated rings. The summed E-state index contributed by atoms with van der Waals surface area (Å²) in [6.07, 6.45) is 2.60. The van der Waals surface area contributed by atoms with E-state index in [9.17, 15) is 0 Å². The molecule has 0 aromatic carbocycles. The van der Waals surface area contributed by atoms with Crippen molar-refractivity contribution >= 4 is 12.4 Å². The highest BCUT2D eigenvalue weighted by atomic mass is 35.5. The maximum absolute atomic E-state index is 5.52. The molecule has 1 atom stereocenters. The molecule has 1 aliphatic heterocycles. The van der Waals surface area contributed by atoms with Crippen LogP contribution in [0, 0.1) is 5.92 Å². The number of hydrogen-bond acceptors (Lipinski definition) is 2. The van der Waals surface area contributed by atoms with Crippen molar-refractivity contribution in [2.45, 2.75) is 32.7 Å². The van der Waals surface area contributed by atoms with E-state index < -0.39 is 0 Å². The standard InChI is InChI=1S/C9H19NO.ClH/c1-8(2)6-11-7-9-4-3-5-10-9;/h8-10H,3-7H2,1-2H3;1H/t9-;/m1./s1. The molecule has 0 radical (unpaired) electrons. The van der Waals surface area contributed by atoms with Crippen LogP contribution in [0.25, 0.3) is 0 Å². The molecule has 2 nitrogen and oxygen atoms in total. The zero-order chi connectivity index (χ0) is 8.10. The summed E-state index contributed by atoms with van der Waals surface area (Å²) in [7, 11) is 0. The number of hydrogen-bond donors (Lipinski definition) is 1. The Labute approximate surface area is 81.5 Å². The summed E-state index contributed by atoms with van der Waals surface area (Å²) in [5.74, 6) is 0.663. The van der Waals surface area contributed by atoms with E-state index in [4.69, 9.17) is 4.74 Å². The number of rotatable bonds is 4. The van der Waals surface area contributed by atoms with Crippen molar-refractivity contribution in [3.05, 3.63) is 0 Å². The maximum Gasteiger partial charge on any atom is 0.0619 e. The first-order chi connectivity index (χ1) is 5.29. The Morgan fingerprint density at radius 3 is 2.75 bits per heavy atom. The number of ether oxygens (including phenoxy) is 1. The summed E-state index contributed by atoms with van der Waals surface area (Å²) >= 11 is 0. The molecular weight excluding hydrogens is 174 g/mol. The third-order valence-corrected chi connectivity index (χ3v) is 1.93. The van der Waals surface area contributed by atoms with E-state index in [0.29, 0.717) is 12.0 Å². The summed E-state index contributed by atoms with van der Waals surface area (Å²) in [6.45, 7) is 7.34.